The fourth-order valence-electron chi connectivity index (χ4n) is 1.82. The summed E-state index contributed by atoms with van der Waals surface area (Å²) in [6.07, 6.45) is 0. The van der Waals surface area contributed by atoms with Gasteiger partial charge in [-0.05, 0) is 32.9 Å². The lowest BCUT2D eigenvalue weighted by atomic mass is 10.2. The summed E-state index contributed by atoms with van der Waals surface area (Å²) in [4.78, 5) is 12.0. The Labute approximate surface area is 131 Å². The molecule has 1 heterocycles. The molecule has 0 aliphatic heterocycles. The minimum atomic E-state index is -0.669. The van der Waals surface area contributed by atoms with Crippen molar-refractivity contribution >= 4 is 23.4 Å². The van der Waals surface area contributed by atoms with Crippen LogP contribution in [0.3, 0.4) is 0 Å². The number of benzene rings is 1. The molecule has 1 amide bonds. The number of amides is 1. The third kappa shape index (κ3) is 3.85. The van der Waals surface area contributed by atoms with Crippen molar-refractivity contribution < 1.29 is 18.1 Å². The van der Waals surface area contributed by atoms with Crippen LogP contribution in [0, 0.1) is 25.5 Å². The minimum absolute atomic E-state index is 0.158. The van der Waals surface area contributed by atoms with Crippen molar-refractivity contribution in [2.24, 2.45) is 0 Å². The minimum Gasteiger partial charge on any atom is -0.361 e. The first-order valence-corrected chi connectivity index (χ1v) is 7.72. The van der Waals surface area contributed by atoms with E-state index in [9.17, 15) is 13.6 Å². The number of thioether (sulfide) groups is 1. The number of carbonyl (C=O) groups excluding carboxylic acids is 1. The second-order valence-electron chi connectivity index (χ2n) is 4.87. The third-order valence-electron chi connectivity index (χ3n) is 3.21. The lowest BCUT2D eigenvalue weighted by Crippen LogP contribution is -2.23. The lowest BCUT2D eigenvalue weighted by Gasteiger charge is -2.12. The lowest BCUT2D eigenvalue weighted by molar-refractivity contribution is -0.115. The van der Waals surface area contributed by atoms with E-state index < -0.39 is 16.9 Å². The van der Waals surface area contributed by atoms with Gasteiger partial charge >= 0.3 is 0 Å². The molecule has 118 valence electrons. The van der Waals surface area contributed by atoms with Crippen molar-refractivity contribution in [2.75, 3.05) is 5.32 Å². The fraction of sp³-hybridized carbons (Fsp3) is 0.333. The maximum Gasteiger partial charge on any atom is 0.237 e. The predicted molar refractivity (Wildman–Crippen MR) is 81.7 cm³/mol. The number of nitrogens with zero attached hydrogens (tertiary/aromatic N) is 1. The van der Waals surface area contributed by atoms with Gasteiger partial charge in [0.05, 0.1) is 16.6 Å². The topological polar surface area (TPSA) is 55.1 Å². The molecular weight excluding hydrogens is 310 g/mol. The number of carbonyl (C=O) groups is 1. The number of hydrogen-bond donors (Lipinski definition) is 1. The molecule has 22 heavy (non-hydrogen) atoms. The summed E-state index contributed by atoms with van der Waals surface area (Å²) in [5, 5.41) is 5.81. The number of nitrogens with one attached hydrogen (secondary N) is 1. The maximum absolute atomic E-state index is 13.5. The zero-order valence-corrected chi connectivity index (χ0v) is 13.3. The van der Waals surface area contributed by atoms with Crippen LogP contribution in [0.15, 0.2) is 22.7 Å². The molecule has 1 aromatic heterocycles. The summed E-state index contributed by atoms with van der Waals surface area (Å²) in [5.41, 5.74) is 1.57. The van der Waals surface area contributed by atoms with E-state index in [0.29, 0.717) is 11.5 Å². The molecule has 1 aromatic carbocycles. The van der Waals surface area contributed by atoms with Crippen LogP contribution in [0.25, 0.3) is 0 Å². The molecule has 7 heteroatoms. The van der Waals surface area contributed by atoms with E-state index in [1.54, 1.807) is 6.92 Å². The molecule has 0 aliphatic carbocycles. The summed E-state index contributed by atoms with van der Waals surface area (Å²) >= 11 is 1.37. The third-order valence-corrected chi connectivity index (χ3v) is 4.38. The van der Waals surface area contributed by atoms with Crippen LogP contribution in [0.1, 0.15) is 23.9 Å². The molecule has 0 saturated heterocycles. The first-order valence-electron chi connectivity index (χ1n) is 6.67. The second-order valence-corrected chi connectivity index (χ2v) is 6.20. The van der Waals surface area contributed by atoms with Crippen molar-refractivity contribution in [1.29, 1.82) is 0 Å². The van der Waals surface area contributed by atoms with Gasteiger partial charge in [0.15, 0.2) is 0 Å². The normalized spacial score (nSPS) is 12.2. The van der Waals surface area contributed by atoms with E-state index >= 15 is 0 Å². The Balaban J connectivity index is 1.96. The SMILES string of the molecule is Cc1noc(C)c1CSC(C)C(=O)Nc1cc(F)ccc1F. The molecule has 0 fully saturated rings. The first-order chi connectivity index (χ1) is 10.4. The number of aromatic nitrogens is 1. The van der Waals surface area contributed by atoms with Crippen LogP contribution in [0.5, 0.6) is 0 Å². The summed E-state index contributed by atoms with van der Waals surface area (Å²) in [7, 11) is 0. The number of anilines is 1. The van der Waals surface area contributed by atoms with E-state index in [4.69, 9.17) is 4.52 Å². The smallest absolute Gasteiger partial charge is 0.237 e. The van der Waals surface area contributed by atoms with Crippen molar-refractivity contribution in [1.82, 2.24) is 5.16 Å². The monoisotopic (exact) mass is 326 g/mol. The Bertz CT molecular complexity index is 669. The van der Waals surface area contributed by atoms with Crippen LogP contribution in [-0.2, 0) is 10.5 Å². The van der Waals surface area contributed by atoms with Crippen molar-refractivity contribution in [3.05, 3.63) is 46.9 Å². The fourth-order valence-corrected chi connectivity index (χ4v) is 2.86. The largest absolute Gasteiger partial charge is 0.361 e. The quantitative estimate of drug-likeness (QED) is 0.907. The molecule has 2 rings (SSSR count). The molecule has 1 atom stereocenters. The summed E-state index contributed by atoms with van der Waals surface area (Å²) in [6, 6.07) is 2.94. The number of aryl methyl sites for hydroxylation is 2. The van der Waals surface area contributed by atoms with Crippen molar-refractivity contribution in [2.45, 2.75) is 31.8 Å². The van der Waals surface area contributed by atoms with Crippen LogP contribution in [0.2, 0.25) is 0 Å². The van der Waals surface area contributed by atoms with Gasteiger partial charge in [0.2, 0.25) is 5.91 Å². The average Bonchev–Trinajstić information content (AvgIpc) is 2.79. The molecule has 1 unspecified atom stereocenters. The van der Waals surface area contributed by atoms with Gasteiger partial charge < -0.3 is 9.84 Å². The second kappa shape index (κ2) is 6.91. The first kappa shape index (κ1) is 16.5. The van der Waals surface area contributed by atoms with Gasteiger partial charge in [-0.1, -0.05) is 5.16 Å². The Morgan fingerprint density at radius 2 is 2.14 bits per heavy atom. The van der Waals surface area contributed by atoms with Crippen LogP contribution >= 0.6 is 11.8 Å². The predicted octanol–water partition coefficient (Wildman–Crippen LogP) is 3.83. The molecule has 0 aliphatic rings. The number of rotatable bonds is 5. The Kier molecular flexibility index (Phi) is 5.18. The zero-order valence-electron chi connectivity index (χ0n) is 12.4. The van der Waals surface area contributed by atoms with E-state index in [1.807, 2.05) is 13.8 Å². The maximum atomic E-state index is 13.5. The Hall–Kier alpha value is -1.89. The van der Waals surface area contributed by atoms with E-state index in [2.05, 4.69) is 10.5 Å². The van der Waals surface area contributed by atoms with Gasteiger partial charge in [0.1, 0.15) is 17.4 Å². The molecule has 2 aromatic rings. The highest BCUT2D eigenvalue weighted by Crippen LogP contribution is 2.24. The van der Waals surface area contributed by atoms with Crippen molar-refractivity contribution in [3.8, 4) is 0 Å². The highest BCUT2D eigenvalue weighted by atomic mass is 32.2. The van der Waals surface area contributed by atoms with Gasteiger partial charge in [-0.15, -0.1) is 11.8 Å². The van der Waals surface area contributed by atoms with Crippen molar-refractivity contribution in [3.63, 3.8) is 0 Å². The summed E-state index contributed by atoms with van der Waals surface area (Å²) < 4.78 is 31.6. The van der Waals surface area contributed by atoms with E-state index in [0.717, 1.165) is 29.5 Å². The zero-order chi connectivity index (χ0) is 16.3. The number of halogens is 2. The molecule has 0 radical (unpaired) electrons. The number of hydrogen-bond acceptors (Lipinski definition) is 4. The van der Waals surface area contributed by atoms with E-state index in [1.165, 1.54) is 11.8 Å². The summed E-state index contributed by atoms with van der Waals surface area (Å²) in [6.45, 7) is 5.34. The highest BCUT2D eigenvalue weighted by molar-refractivity contribution is 7.99. The van der Waals surface area contributed by atoms with Gasteiger partial charge in [-0.25, -0.2) is 8.78 Å². The molecule has 0 saturated carbocycles. The van der Waals surface area contributed by atoms with Gasteiger partial charge in [-0.2, -0.15) is 0 Å². The molecule has 0 spiro atoms. The van der Waals surface area contributed by atoms with Crippen LogP contribution in [0.4, 0.5) is 14.5 Å². The molecule has 4 nitrogen and oxygen atoms in total. The summed E-state index contributed by atoms with van der Waals surface area (Å²) in [5.74, 6) is -0.387. The average molecular weight is 326 g/mol. The van der Waals surface area contributed by atoms with E-state index in [-0.39, 0.29) is 11.6 Å². The van der Waals surface area contributed by atoms with Gasteiger partial charge in [0, 0.05) is 17.4 Å². The van der Waals surface area contributed by atoms with Gasteiger partial charge in [-0.3, -0.25) is 4.79 Å². The Morgan fingerprint density at radius 3 is 2.77 bits per heavy atom. The molecular formula is C15H16F2N2O2S. The van der Waals surface area contributed by atoms with Crippen LogP contribution in [-0.4, -0.2) is 16.3 Å². The Morgan fingerprint density at radius 1 is 1.41 bits per heavy atom. The standard InChI is InChI=1S/C15H16F2N2O2S/c1-8-12(9(2)21-19-8)7-22-10(3)15(20)18-14-6-11(16)4-5-13(14)17/h4-6,10H,7H2,1-3H3,(H,18,20). The molecule has 0 bridgehead atoms. The molecule has 1 N–H and O–H groups in total. The van der Waals surface area contributed by atoms with Crippen LogP contribution < -0.4 is 5.32 Å². The van der Waals surface area contributed by atoms with Gasteiger partial charge in [0.25, 0.3) is 0 Å². The highest BCUT2D eigenvalue weighted by Gasteiger charge is 2.18.